The third-order valence-electron chi connectivity index (χ3n) is 7.06. The number of aromatic carboxylic acids is 1. The lowest BCUT2D eigenvalue weighted by atomic mass is 9.93. The molecule has 1 fully saturated rings. The Morgan fingerprint density at radius 3 is 2.78 bits per heavy atom. The molecule has 1 aliphatic rings. The van der Waals surface area contributed by atoms with Crippen LogP contribution in [0, 0.1) is 0 Å². The van der Waals surface area contributed by atoms with Crippen LogP contribution < -0.4 is 4.74 Å². The summed E-state index contributed by atoms with van der Waals surface area (Å²) in [5, 5.41) is 11.6. The van der Waals surface area contributed by atoms with Gasteiger partial charge in [-0.25, -0.2) is 14.8 Å². The predicted octanol–water partition coefficient (Wildman–Crippen LogP) is 5.09. The first-order chi connectivity index (χ1) is 18.1. The summed E-state index contributed by atoms with van der Waals surface area (Å²) in [6.45, 7) is 3.01. The summed E-state index contributed by atoms with van der Waals surface area (Å²) < 4.78 is 8.06. The first-order valence-corrected chi connectivity index (χ1v) is 12.5. The molecular formula is C29H27N5O3. The Kier molecular flexibility index (Phi) is 6.24. The summed E-state index contributed by atoms with van der Waals surface area (Å²) in [5.41, 5.74) is 4.08. The summed E-state index contributed by atoms with van der Waals surface area (Å²) >= 11 is 0. The van der Waals surface area contributed by atoms with Crippen LogP contribution in [0.5, 0.6) is 5.88 Å². The van der Waals surface area contributed by atoms with Crippen LogP contribution in [0.1, 0.15) is 40.4 Å². The molecule has 0 atom stereocenters. The van der Waals surface area contributed by atoms with Gasteiger partial charge in [-0.3, -0.25) is 9.88 Å². The number of nitrogens with zero attached hydrogens (tertiary/aromatic N) is 5. The highest BCUT2D eigenvalue weighted by atomic mass is 16.5. The van der Waals surface area contributed by atoms with Gasteiger partial charge in [0.05, 0.1) is 29.6 Å². The van der Waals surface area contributed by atoms with E-state index in [-0.39, 0.29) is 5.56 Å². The molecule has 0 bridgehead atoms. The molecule has 5 aromatic rings. The van der Waals surface area contributed by atoms with Crippen LogP contribution in [0.25, 0.3) is 21.8 Å². The molecule has 0 unspecified atom stereocenters. The van der Waals surface area contributed by atoms with E-state index in [4.69, 9.17) is 9.72 Å². The summed E-state index contributed by atoms with van der Waals surface area (Å²) in [7, 11) is 0. The topological polar surface area (TPSA) is 93.4 Å². The lowest BCUT2D eigenvalue weighted by Crippen LogP contribution is -2.34. The number of pyridine rings is 2. The smallest absolute Gasteiger partial charge is 0.335 e. The molecule has 2 aromatic carbocycles. The predicted molar refractivity (Wildman–Crippen MR) is 141 cm³/mol. The van der Waals surface area contributed by atoms with Gasteiger partial charge in [0.25, 0.3) is 0 Å². The van der Waals surface area contributed by atoms with E-state index in [1.165, 1.54) is 0 Å². The lowest BCUT2D eigenvalue weighted by molar-refractivity contribution is 0.0697. The normalized spacial score (nSPS) is 14.8. The van der Waals surface area contributed by atoms with Gasteiger partial charge in [0.2, 0.25) is 5.88 Å². The summed E-state index contributed by atoms with van der Waals surface area (Å²) in [6.07, 6.45) is 7.46. The molecule has 186 valence electrons. The van der Waals surface area contributed by atoms with E-state index in [1.54, 1.807) is 30.7 Å². The Morgan fingerprint density at radius 1 is 1.03 bits per heavy atom. The molecule has 8 nitrogen and oxygen atoms in total. The maximum absolute atomic E-state index is 11.4. The van der Waals surface area contributed by atoms with E-state index in [2.05, 4.69) is 39.1 Å². The average molecular weight is 494 g/mol. The zero-order valence-electron chi connectivity index (χ0n) is 20.3. The van der Waals surface area contributed by atoms with Gasteiger partial charge in [0, 0.05) is 48.5 Å². The number of imidazole rings is 1. The Bertz CT molecular complexity index is 1570. The van der Waals surface area contributed by atoms with E-state index < -0.39 is 5.97 Å². The third-order valence-corrected chi connectivity index (χ3v) is 7.06. The van der Waals surface area contributed by atoms with E-state index in [0.29, 0.717) is 25.1 Å². The molecule has 1 N–H and O–H groups in total. The number of hydrogen-bond donors (Lipinski definition) is 1. The first kappa shape index (κ1) is 23.1. The van der Waals surface area contributed by atoms with Gasteiger partial charge in [-0.15, -0.1) is 0 Å². The van der Waals surface area contributed by atoms with E-state index >= 15 is 0 Å². The number of ether oxygens (including phenoxy) is 1. The van der Waals surface area contributed by atoms with Crippen LogP contribution in [0.2, 0.25) is 0 Å². The molecule has 0 saturated carbocycles. The monoisotopic (exact) mass is 493 g/mol. The Morgan fingerprint density at radius 2 is 1.92 bits per heavy atom. The third kappa shape index (κ3) is 5.01. The van der Waals surface area contributed by atoms with Gasteiger partial charge in [-0.05, 0) is 60.2 Å². The highest BCUT2D eigenvalue weighted by Crippen LogP contribution is 2.29. The van der Waals surface area contributed by atoms with Gasteiger partial charge in [0.15, 0.2) is 0 Å². The van der Waals surface area contributed by atoms with Gasteiger partial charge >= 0.3 is 5.97 Å². The van der Waals surface area contributed by atoms with Crippen molar-refractivity contribution in [1.82, 2.24) is 24.4 Å². The molecule has 0 radical (unpaired) electrons. The molecule has 37 heavy (non-hydrogen) atoms. The van der Waals surface area contributed by atoms with Crippen LogP contribution in [0.4, 0.5) is 0 Å². The van der Waals surface area contributed by atoms with Crippen molar-refractivity contribution >= 4 is 27.8 Å². The number of carbonyl (C=O) groups is 1. The average Bonchev–Trinajstić information content (AvgIpc) is 3.34. The molecule has 0 aliphatic carbocycles. The molecular weight excluding hydrogens is 466 g/mol. The number of likely N-dealkylation sites (tertiary alicyclic amines) is 1. The van der Waals surface area contributed by atoms with Crippen LogP contribution >= 0.6 is 0 Å². The van der Waals surface area contributed by atoms with Crippen LogP contribution in [-0.4, -0.2) is 48.6 Å². The Balaban J connectivity index is 1.07. The fourth-order valence-electron chi connectivity index (χ4n) is 5.01. The maximum Gasteiger partial charge on any atom is 0.335 e. The SMILES string of the molecule is O=C(O)c1ccc2ncn(CN3CCC(c4cccc(OCc5ccc6ccncc6c5)n4)CC3)c2c1. The van der Waals surface area contributed by atoms with Crippen molar-refractivity contribution in [3.63, 3.8) is 0 Å². The van der Waals surface area contributed by atoms with E-state index in [0.717, 1.165) is 59.0 Å². The van der Waals surface area contributed by atoms with Crippen LogP contribution in [-0.2, 0) is 13.3 Å². The van der Waals surface area contributed by atoms with E-state index in [9.17, 15) is 9.90 Å². The molecule has 0 amide bonds. The maximum atomic E-state index is 11.4. The highest BCUT2D eigenvalue weighted by molar-refractivity contribution is 5.92. The number of benzene rings is 2. The fourth-order valence-corrected chi connectivity index (χ4v) is 5.01. The molecule has 4 heterocycles. The van der Waals surface area contributed by atoms with Crippen molar-refractivity contribution < 1.29 is 14.6 Å². The van der Waals surface area contributed by atoms with Gasteiger partial charge in [-0.2, -0.15) is 0 Å². The first-order valence-electron chi connectivity index (χ1n) is 12.5. The van der Waals surface area contributed by atoms with Crippen molar-refractivity contribution in [2.75, 3.05) is 13.1 Å². The van der Waals surface area contributed by atoms with Crippen molar-refractivity contribution in [2.45, 2.75) is 32.0 Å². The molecule has 8 heteroatoms. The second kappa shape index (κ2) is 9.99. The summed E-state index contributed by atoms with van der Waals surface area (Å²) in [4.78, 5) is 27.2. The quantitative estimate of drug-likeness (QED) is 0.337. The minimum Gasteiger partial charge on any atom is -0.478 e. The number of rotatable bonds is 7. The summed E-state index contributed by atoms with van der Waals surface area (Å²) in [6, 6.07) is 19.4. The van der Waals surface area contributed by atoms with E-state index in [1.807, 2.05) is 29.0 Å². The van der Waals surface area contributed by atoms with Gasteiger partial charge < -0.3 is 14.4 Å². The second-order valence-electron chi connectivity index (χ2n) is 9.50. The van der Waals surface area contributed by atoms with Gasteiger partial charge in [0.1, 0.15) is 6.61 Å². The zero-order valence-corrected chi connectivity index (χ0v) is 20.3. The zero-order chi connectivity index (χ0) is 25.2. The number of hydrogen-bond acceptors (Lipinski definition) is 6. The standard InChI is InChI=1S/C29H27N5O3/c35-29(36)23-6-7-26-27(15-23)34(18-31-26)19-33-12-9-22(10-13-33)25-2-1-3-28(32-25)37-17-20-4-5-21-8-11-30-16-24(21)14-20/h1-8,11,14-16,18,22H,9-10,12-13,17,19H2,(H,35,36). The second-order valence-corrected chi connectivity index (χ2v) is 9.50. The number of fused-ring (bicyclic) bond motifs is 2. The number of carboxylic acids is 1. The molecule has 6 rings (SSSR count). The number of carboxylic acid groups (broad SMARTS) is 1. The minimum absolute atomic E-state index is 0.277. The van der Waals surface area contributed by atoms with Crippen LogP contribution in [0.15, 0.2) is 79.4 Å². The van der Waals surface area contributed by atoms with Crippen molar-refractivity contribution in [3.8, 4) is 5.88 Å². The minimum atomic E-state index is -0.927. The molecule has 1 aliphatic heterocycles. The highest BCUT2D eigenvalue weighted by Gasteiger charge is 2.22. The Labute approximate surface area is 214 Å². The number of piperidine rings is 1. The Hall–Kier alpha value is -4.30. The molecule has 1 saturated heterocycles. The van der Waals surface area contributed by atoms with Gasteiger partial charge in [-0.1, -0.05) is 18.2 Å². The van der Waals surface area contributed by atoms with Crippen molar-refractivity contribution in [2.24, 2.45) is 0 Å². The fraction of sp³-hybridized carbons (Fsp3) is 0.241. The van der Waals surface area contributed by atoms with Crippen LogP contribution in [0.3, 0.4) is 0 Å². The molecule has 0 spiro atoms. The van der Waals surface area contributed by atoms with Crippen molar-refractivity contribution in [1.29, 1.82) is 0 Å². The van der Waals surface area contributed by atoms with Crippen molar-refractivity contribution in [3.05, 3.63) is 96.2 Å². The largest absolute Gasteiger partial charge is 0.478 e. The summed E-state index contributed by atoms with van der Waals surface area (Å²) in [5.74, 6) is 0.0961. The lowest BCUT2D eigenvalue weighted by Gasteiger charge is -2.32. The molecule has 3 aromatic heterocycles. The number of aromatic nitrogens is 4.